The van der Waals surface area contributed by atoms with Gasteiger partial charge < -0.3 is 15.3 Å². The van der Waals surface area contributed by atoms with Crippen LogP contribution in [0.5, 0.6) is 0 Å². The first-order valence-electron chi connectivity index (χ1n) is 11.1. The zero-order valence-electron chi connectivity index (χ0n) is 17.7. The second kappa shape index (κ2) is 6.32. The van der Waals surface area contributed by atoms with Gasteiger partial charge in [-0.05, 0) is 41.8 Å². The summed E-state index contributed by atoms with van der Waals surface area (Å²) in [6.07, 6.45) is 6.95. The highest BCUT2D eigenvalue weighted by molar-refractivity contribution is 6.14. The SMILES string of the molecule is C/C=C1\C[N@+]2(C)CC[C@@]34C(=Nc5ccccc53)C(=CNNc3ccccc3)[C@H]1C[C@@H]42. The molecule has 4 aliphatic rings. The summed E-state index contributed by atoms with van der Waals surface area (Å²) in [6, 6.07) is 19.8. The first-order valence-corrected chi connectivity index (χ1v) is 11.1. The molecule has 2 saturated heterocycles. The van der Waals surface area contributed by atoms with Gasteiger partial charge in [0.1, 0.15) is 12.6 Å². The van der Waals surface area contributed by atoms with Crippen LogP contribution in [0.4, 0.5) is 11.4 Å². The lowest BCUT2D eigenvalue weighted by molar-refractivity contribution is -0.923. The molecule has 6 rings (SSSR count). The smallest absolute Gasteiger partial charge is 0.106 e. The minimum atomic E-state index is 0.0708. The summed E-state index contributed by atoms with van der Waals surface area (Å²) in [5.41, 5.74) is 14.8. The maximum Gasteiger partial charge on any atom is 0.106 e. The maximum atomic E-state index is 5.28. The van der Waals surface area contributed by atoms with Gasteiger partial charge >= 0.3 is 0 Å². The molecule has 0 aromatic heterocycles. The number of hydrazine groups is 1. The van der Waals surface area contributed by atoms with Crippen molar-refractivity contribution < 1.29 is 4.48 Å². The van der Waals surface area contributed by atoms with Gasteiger partial charge in [-0.1, -0.05) is 42.5 Å². The molecule has 4 atom stereocenters. The number of likely N-dealkylation sites (N-methyl/N-ethyl adjacent to an activating group) is 1. The van der Waals surface area contributed by atoms with E-state index in [0.29, 0.717) is 12.0 Å². The van der Waals surface area contributed by atoms with E-state index in [4.69, 9.17) is 4.99 Å². The van der Waals surface area contributed by atoms with Crippen LogP contribution in [0.2, 0.25) is 0 Å². The van der Waals surface area contributed by atoms with Crippen molar-refractivity contribution in [1.29, 1.82) is 0 Å². The summed E-state index contributed by atoms with van der Waals surface area (Å²) in [5.74, 6) is 0.454. The van der Waals surface area contributed by atoms with Crippen molar-refractivity contribution >= 4 is 17.1 Å². The molecule has 2 aromatic rings. The lowest BCUT2D eigenvalue weighted by Crippen LogP contribution is -2.63. The van der Waals surface area contributed by atoms with Crippen LogP contribution in [0, 0.1) is 5.92 Å². The average molecular weight is 398 g/mol. The number of nitrogens with zero attached hydrogens (tertiary/aromatic N) is 2. The fourth-order valence-corrected chi connectivity index (χ4v) is 6.71. The van der Waals surface area contributed by atoms with Crippen LogP contribution in [-0.4, -0.2) is 36.4 Å². The number of nitrogens with one attached hydrogen (secondary N) is 2. The van der Waals surface area contributed by atoms with Crippen molar-refractivity contribution in [3.63, 3.8) is 0 Å². The van der Waals surface area contributed by atoms with Gasteiger partial charge in [0.25, 0.3) is 0 Å². The van der Waals surface area contributed by atoms with Crippen molar-refractivity contribution in [3.8, 4) is 0 Å². The standard InChI is InChI=1S/C26H29N4/c1-3-18-17-30(2)14-13-26-22-11-7-8-12-23(22)28-25(26)21(20(18)15-24(26)30)16-27-29-19-9-5-4-6-10-19/h3-12,16,20,24,27,29H,13-15,17H2,1-2H3/q+1/b18-3+,21-16?/t20-,24-,26+,30-/m0/s1. The fraction of sp³-hybridized carbons (Fsp3) is 0.346. The van der Waals surface area contributed by atoms with Gasteiger partial charge in [0.2, 0.25) is 0 Å². The van der Waals surface area contributed by atoms with E-state index in [1.165, 1.54) is 41.9 Å². The minimum Gasteiger partial charge on any atom is -0.319 e. The number of fused-ring (bicyclic) bond motifs is 2. The Morgan fingerprint density at radius 3 is 2.73 bits per heavy atom. The molecule has 4 heteroatoms. The molecule has 2 N–H and O–H groups in total. The summed E-state index contributed by atoms with van der Waals surface area (Å²) in [7, 11) is 2.47. The number of aliphatic imine (C=N–C) groups is 1. The van der Waals surface area contributed by atoms with Crippen LogP contribution in [0.15, 0.2) is 83.0 Å². The molecule has 1 spiro atoms. The summed E-state index contributed by atoms with van der Waals surface area (Å²) < 4.78 is 1.16. The number of hydrogen-bond donors (Lipinski definition) is 2. The van der Waals surface area contributed by atoms with E-state index in [-0.39, 0.29) is 5.41 Å². The second-order valence-corrected chi connectivity index (χ2v) is 9.46. The Labute approximate surface area is 178 Å². The molecule has 3 heterocycles. The van der Waals surface area contributed by atoms with Crippen molar-refractivity contribution in [2.75, 3.05) is 25.6 Å². The molecule has 30 heavy (non-hydrogen) atoms. The van der Waals surface area contributed by atoms with Gasteiger partial charge in [0, 0.05) is 25.0 Å². The van der Waals surface area contributed by atoms with Gasteiger partial charge in [0.05, 0.1) is 36.1 Å². The lowest BCUT2D eigenvalue weighted by atomic mass is 9.58. The van der Waals surface area contributed by atoms with Crippen LogP contribution in [0.25, 0.3) is 0 Å². The van der Waals surface area contributed by atoms with Gasteiger partial charge in [-0.25, -0.2) is 0 Å². The Bertz CT molecular complexity index is 1100. The molecule has 3 aliphatic heterocycles. The van der Waals surface area contributed by atoms with Crippen molar-refractivity contribution in [2.45, 2.75) is 31.2 Å². The minimum absolute atomic E-state index is 0.0708. The van der Waals surface area contributed by atoms with E-state index in [0.717, 1.165) is 16.7 Å². The van der Waals surface area contributed by atoms with Crippen LogP contribution in [-0.2, 0) is 5.41 Å². The largest absolute Gasteiger partial charge is 0.319 e. The molecule has 0 radical (unpaired) electrons. The average Bonchev–Trinajstić information content (AvgIpc) is 3.29. The molecule has 152 valence electrons. The number of benzene rings is 2. The highest BCUT2D eigenvalue weighted by Gasteiger charge is 2.68. The first-order chi connectivity index (χ1) is 14.7. The normalized spacial score (nSPS) is 35.7. The number of quaternary nitrogens is 1. The molecule has 1 aliphatic carbocycles. The number of hydrogen-bond acceptors (Lipinski definition) is 3. The Morgan fingerprint density at radius 1 is 1.10 bits per heavy atom. The highest BCUT2D eigenvalue weighted by Crippen LogP contribution is 2.61. The van der Waals surface area contributed by atoms with Crippen molar-refractivity contribution in [1.82, 2.24) is 5.43 Å². The molecule has 2 aromatic carbocycles. The van der Waals surface area contributed by atoms with E-state index >= 15 is 0 Å². The second-order valence-electron chi connectivity index (χ2n) is 9.46. The Morgan fingerprint density at radius 2 is 1.90 bits per heavy atom. The van der Waals surface area contributed by atoms with Crippen molar-refractivity contribution in [2.24, 2.45) is 10.9 Å². The van der Waals surface area contributed by atoms with Gasteiger partial charge in [0.15, 0.2) is 0 Å². The molecular weight excluding hydrogens is 368 g/mol. The van der Waals surface area contributed by atoms with E-state index in [9.17, 15) is 0 Å². The van der Waals surface area contributed by atoms with E-state index in [1.807, 2.05) is 18.2 Å². The lowest BCUT2D eigenvalue weighted by Gasteiger charge is -2.52. The Kier molecular flexibility index (Phi) is 3.79. The topological polar surface area (TPSA) is 36.4 Å². The molecule has 1 saturated carbocycles. The summed E-state index contributed by atoms with van der Waals surface area (Å²) in [4.78, 5) is 5.28. The van der Waals surface area contributed by atoms with Crippen LogP contribution in [0.3, 0.4) is 0 Å². The van der Waals surface area contributed by atoms with E-state index in [1.54, 1.807) is 5.57 Å². The third kappa shape index (κ3) is 2.28. The Hall–Kier alpha value is -2.85. The molecule has 3 fully saturated rings. The summed E-state index contributed by atoms with van der Waals surface area (Å²) in [6.45, 7) is 4.59. The third-order valence-electron chi connectivity index (χ3n) is 8.07. The fourth-order valence-electron chi connectivity index (χ4n) is 6.71. The first kappa shape index (κ1) is 18.0. The predicted octanol–water partition coefficient (Wildman–Crippen LogP) is 4.71. The zero-order valence-corrected chi connectivity index (χ0v) is 17.7. The molecule has 2 bridgehead atoms. The molecule has 4 nitrogen and oxygen atoms in total. The molecule has 0 unspecified atom stereocenters. The number of piperidine rings is 1. The van der Waals surface area contributed by atoms with E-state index in [2.05, 4.69) is 73.5 Å². The summed E-state index contributed by atoms with van der Waals surface area (Å²) >= 11 is 0. The maximum absolute atomic E-state index is 5.28. The van der Waals surface area contributed by atoms with Crippen LogP contribution >= 0.6 is 0 Å². The predicted molar refractivity (Wildman–Crippen MR) is 123 cm³/mol. The zero-order chi connectivity index (χ0) is 20.3. The number of para-hydroxylation sites is 2. The molecular formula is C26H29N4+. The highest BCUT2D eigenvalue weighted by atomic mass is 15.4. The van der Waals surface area contributed by atoms with E-state index < -0.39 is 0 Å². The van der Waals surface area contributed by atoms with Gasteiger partial charge in [-0.15, -0.1) is 0 Å². The Balaban J connectivity index is 1.46. The summed E-state index contributed by atoms with van der Waals surface area (Å²) in [5, 5.41) is 0. The number of rotatable bonds is 3. The van der Waals surface area contributed by atoms with Gasteiger partial charge in [-0.2, -0.15) is 0 Å². The van der Waals surface area contributed by atoms with Crippen LogP contribution < -0.4 is 10.9 Å². The number of allylic oxidation sites excluding steroid dienone is 2. The van der Waals surface area contributed by atoms with Crippen LogP contribution in [0.1, 0.15) is 25.3 Å². The monoisotopic (exact) mass is 397 g/mol. The molecule has 0 amide bonds. The number of anilines is 1. The van der Waals surface area contributed by atoms with Crippen molar-refractivity contribution in [3.05, 3.63) is 83.6 Å². The quantitative estimate of drug-likeness (QED) is 0.447. The third-order valence-corrected chi connectivity index (χ3v) is 8.07. The van der Waals surface area contributed by atoms with Gasteiger partial charge in [-0.3, -0.25) is 4.99 Å².